The second-order valence-electron chi connectivity index (χ2n) is 3.75. The van der Waals surface area contributed by atoms with E-state index in [1.807, 2.05) is 0 Å². The lowest BCUT2D eigenvalue weighted by Crippen LogP contribution is -2.05. The number of hydrogen-bond acceptors (Lipinski definition) is 2. The number of aliphatic hydroxyl groups is 1. The van der Waals surface area contributed by atoms with Gasteiger partial charge in [-0.3, -0.25) is 4.98 Å². The zero-order valence-electron chi connectivity index (χ0n) is 7.83. The number of pyridine rings is 1. The summed E-state index contributed by atoms with van der Waals surface area (Å²) < 4.78 is 36.6. The van der Waals surface area contributed by atoms with Crippen LogP contribution in [0.1, 0.15) is 23.6 Å². The van der Waals surface area contributed by atoms with Gasteiger partial charge in [0.1, 0.15) is 0 Å². The molecule has 0 amide bonds. The first kappa shape index (κ1) is 10.4. The standard InChI is InChI=1S/C10H10F3NO/c11-10(12,13)7-1-2-9(14-4-7)8-3-6(8)5-15/h1-2,4,6,8,15H,3,5H2. The van der Waals surface area contributed by atoms with Gasteiger partial charge in [0.15, 0.2) is 0 Å². The summed E-state index contributed by atoms with van der Waals surface area (Å²) in [5, 5.41) is 8.81. The Balaban J connectivity index is 2.12. The minimum absolute atomic E-state index is 0.0768. The Morgan fingerprint density at radius 1 is 1.40 bits per heavy atom. The molecule has 2 nitrogen and oxygen atoms in total. The maximum atomic E-state index is 12.2. The lowest BCUT2D eigenvalue weighted by atomic mass is 10.2. The van der Waals surface area contributed by atoms with Gasteiger partial charge in [-0.1, -0.05) is 0 Å². The van der Waals surface area contributed by atoms with Crippen molar-refractivity contribution in [3.05, 3.63) is 29.6 Å². The summed E-state index contributed by atoms with van der Waals surface area (Å²) >= 11 is 0. The third kappa shape index (κ3) is 2.12. The van der Waals surface area contributed by atoms with E-state index in [1.54, 1.807) is 0 Å². The number of nitrogens with zero attached hydrogens (tertiary/aromatic N) is 1. The van der Waals surface area contributed by atoms with E-state index in [0.717, 1.165) is 18.7 Å². The quantitative estimate of drug-likeness (QED) is 0.823. The molecular weight excluding hydrogens is 207 g/mol. The Labute approximate surface area is 84.8 Å². The van der Waals surface area contributed by atoms with Gasteiger partial charge < -0.3 is 5.11 Å². The summed E-state index contributed by atoms with van der Waals surface area (Å²) in [6, 6.07) is 2.43. The molecule has 0 aliphatic heterocycles. The molecule has 2 unspecified atom stereocenters. The van der Waals surface area contributed by atoms with Crippen LogP contribution in [0, 0.1) is 5.92 Å². The first-order valence-corrected chi connectivity index (χ1v) is 4.66. The lowest BCUT2D eigenvalue weighted by Gasteiger charge is -2.06. The van der Waals surface area contributed by atoms with Gasteiger partial charge in [-0.05, 0) is 24.5 Å². The summed E-state index contributed by atoms with van der Waals surface area (Å²) in [7, 11) is 0. The molecule has 2 rings (SSSR count). The Kier molecular flexibility index (Phi) is 2.42. The molecule has 82 valence electrons. The molecule has 1 aromatic rings. The summed E-state index contributed by atoms with van der Waals surface area (Å²) in [5.41, 5.74) is -0.0884. The average molecular weight is 217 g/mol. The second-order valence-corrected chi connectivity index (χ2v) is 3.75. The minimum Gasteiger partial charge on any atom is -0.396 e. The summed E-state index contributed by atoms with van der Waals surface area (Å²) in [4.78, 5) is 3.77. The molecule has 0 spiro atoms. The van der Waals surface area contributed by atoms with Gasteiger partial charge in [-0.2, -0.15) is 13.2 Å². The predicted molar refractivity (Wildman–Crippen MR) is 47.2 cm³/mol. The third-order valence-corrected chi connectivity index (χ3v) is 2.65. The smallest absolute Gasteiger partial charge is 0.396 e. The molecule has 1 fully saturated rings. The normalized spacial score (nSPS) is 25.3. The molecule has 1 N–H and O–H groups in total. The molecule has 0 radical (unpaired) electrons. The average Bonchev–Trinajstić information content (AvgIpc) is 2.95. The number of halogens is 3. The van der Waals surface area contributed by atoms with Crippen molar-refractivity contribution >= 4 is 0 Å². The summed E-state index contributed by atoms with van der Waals surface area (Å²) in [6.07, 6.45) is -2.66. The molecule has 1 aliphatic rings. The summed E-state index contributed by atoms with van der Waals surface area (Å²) in [6.45, 7) is 0.0768. The number of alkyl halides is 3. The number of hydrogen-bond donors (Lipinski definition) is 1. The fourth-order valence-corrected chi connectivity index (χ4v) is 1.60. The van der Waals surface area contributed by atoms with E-state index in [1.165, 1.54) is 6.07 Å². The number of aliphatic hydroxyl groups excluding tert-OH is 1. The van der Waals surface area contributed by atoms with Crippen LogP contribution in [0.4, 0.5) is 13.2 Å². The van der Waals surface area contributed by atoms with Gasteiger partial charge in [-0.15, -0.1) is 0 Å². The van der Waals surface area contributed by atoms with Gasteiger partial charge in [0.05, 0.1) is 5.56 Å². The first-order valence-electron chi connectivity index (χ1n) is 4.66. The van der Waals surface area contributed by atoms with Crippen LogP contribution in [0.3, 0.4) is 0 Å². The van der Waals surface area contributed by atoms with Crippen molar-refractivity contribution in [2.24, 2.45) is 5.92 Å². The molecule has 0 aromatic carbocycles. The van der Waals surface area contributed by atoms with Crippen LogP contribution in [-0.4, -0.2) is 16.7 Å². The monoisotopic (exact) mass is 217 g/mol. The SMILES string of the molecule is OCC1CC1c1ccc(C(F)(F)F)cn1. The maximum absolute atomic E-state index is 12.2. The zero-order chi connectivity index (χ0) is 11.1. The van der Waals surface area contributed by atoms with Crippen LogP contribution in [0.15, 0.2) is 18.3 Å². The molecule has 2 atom stereocenters. The van der Waals surface area contributed by atoms with Gasteiger partial charge in [0.25, 0.3) is 0 Å². The van der Waals surface area contributed by atoms with Crippen molar-refractivity contribution in [3.63, 3.8) is 0 Å². The first-order chi connectivity index (χ1) is 7.02. The van der Waals surface area contributed by atoms with Crippen LogP contribution in [0.25, 0.3) is 0 Å². The van der Waals surface area contributed by atoms with Crippen LogP contribution in [0.2, 0.25) is 0 Å². The third-order valence-electron chi connectivity index (χ3n) is 2.65. The lowest BCUT2D eigenvalue weighted by molar-refractivity contribution is -0.137. The maximum Gasteiger partial charge on any atom is 0.417 e. The Hall–Kier alpha value is -1.10. The Morgan fingerprint density at radius 3 is 2.53 bits per heavy atom. The highest BCUT2D eigenvalue weighted by atomic mass is 19.4. The topological polar surface area (TPSA) is 33.1 Å². The van der Waals surface area contributed by atoms with E-state index in [9.17, 15) is 13.2 Å². The predicted octanol–water partition coefficient (Wildman–Crippen LogP) is 2.20. The van der Waals surface area contributed by atoms with E-state index in [4.69, 9.17) is 5.11 Å². The molecule has 0 saturated heterocycles. The highest BCUT2D eigenvalue weighted by molar-refractivity contribution is 5.23. The van der Waals surface area contributed by atoms with E-state index >= 15 is 0 Å². The van der Waals surface area contributed by atoms with Gasteiger partial charge in [0, 0.05) is 24.4 Å². The van der Waals surface area contributed by atoms with E-state index in [2.05, 4.69) is 4.98 Å². The molecular formula is C10H10F3NO. The van der Waals surface area contributed by atoms with Crippen LogP contribution in [-0.2, 0) is 6.18 Å². The van der Waals surface area contributed by atoms with E-state index in [-0.39, 0.29) is 18.4 Å². The van der Waals surface area contributed by atoms with Crippen molar-refractivity contribution in [3.8, 4) is 0 Å². The minimum atomic E-state index is -4.33. The molecule has 1 saturated carbocycles. The van der Waals surface area contributed by atoms with Crippen molar-refractivity contribution < 1.29 is 18.3 Å². The zero-order valence-corrected chi connectivity index (χ0v) is 7.83. The molecule has 15 heavy (non-hydrogen) atoms. The van der Waals surface area contributed by atoms with E-state index in [0.29, 0.717) is 5.69 Å². The van der Waals surface area contributed by atoms with Gasteiger partial charge in [0.2, 0.25) is 0 Å². The van der Waals surface area contributed by atoms with Gasteiger partial charge >= 0.3 is 6.18 Å². The fraction of sp³-hybridized carbons (Fsp3) is 0.500. The van der Waals surface area contributed by atoms with Crippen LogP contribution >= 0.6 is 0 Å². The van der Waals surface area contributed by atoms with Crippen molar-refractivity contribution in [1.82, 2.24) is 4.98 Å². The second kappa shape index (κ2) is 3.48. The molecule has 1 heterocycles. The van der Waals surface area contributed by atoms with Crippen LogP contribution in [0.5, 0.6) is 0 Å². The molecule has 1 aliphatic carbocycles. The highest BCUT2D eigenvalue weighted by Crippen LogP contribution is 2.46. The van der Waals surface area contributed by atoms with Crippen molar-refractivity contribution in [2.75, 3.05) is 6.61 Å². The highest BCUT2D eigenvalue weighted by Gasteiger charge is 2.39. The van der Waals surface area contributed by atoms with E-state index < -0.39 is 11.7 Å². The van der Waals surface area contributed by atoms with Gasteiger partial charge in [-0.25, -0.2) is 0 Å². The van der Waals surface area contributed by atoms with Crippen molar-refractivity contribution in [1.29, 1.82) is 0 Å². The molecule has 1 aromatic heterocycles. The largest absolute Gasteiger partial charge is 0.417 e. The number of rotatable bonds is 2. The molecule has 5 heteroatoms. The molecule has 0 bridgehead atoms. The Morgan fingerprint density at radius 2 is 2.13 bits per heavy atom. The van der Waals surface area contributed by atoms with Crippen molar-refractivity contribution in [2.45, 2.75) is 18.5 Å². The Bertz CT molecular complexity index is 347. The number of aromatic nitrogens is 1. The van der Waals surface area contributed by atoms with Crippen LogP contribution < -0.4 is 0 Å². The fourth-order valence-electron chi connectivity index (χ4n) is 1.60. The summed E-state index contributed by atoms with van der Waals surface area (Å²) in [5.74, 6) is 0.312.